The molecule has 7 nitrogen and oxygen atoms in total. The third-order valence-electron chi connectivity index (χ3n) is 10.4. The minimum absolute atomic E-state index is 0. The van der Waals surface area contributed by atoms with Gasteiger partial charge < -0.3 is 27.6 Å². The fourth-order valence-corrected chi connectivity index (χ4v) is 8.22. The van der Waals surface area contributed by atoms with Crippen molar-refractivity contribution < 1.29 is 30.4 Å². The molecule has 0 aliphatic rings. The molecule has 0 aliphatic carbocycles. The summed E-state index contributed by atoms with van der Waals surface area (Å²) in [6.07, 6.45) is 8.99. The van der Waals surface area contributed by atoms with E-state index in [4.69, 9.17) is 9.72 Å². The normalized spacial score (nSPS) is 11.7. The van der Waals surface area contributed by atoms with Crippen LogP contribution in [0.25, 0.3) is 82.6 Å². The number of fused-ring (bicyclic) bond motifs is 12. The summed E-state index contributed by atoms with van der Waals surface area (Å²) in [6.45, 7) is 0. The van der Waals surface area contributed by atoms with Crippen molar-refractivity contribution >= 4 is 65.4 Å². The topological polar surface area (TPSA) is 45.7 Å². The van der Waals surface area contributed by atoms with Crippen LogP contribution in [-0.2, 0) is 35.2 Å². The van der Waals surface area contributed by atoms with E-state index in [1.807, 2.05) is 71.2 Å². The average Bonchev–Trinajstić information content (AvgIpc) is 3.95. The van der Waals surface area contributed by atoms with Crippen molar-refractivity contribution in [2.24, 2.45) is 14.1 Å². The van der Waals surface area contributed by atoms with Gasteiger partial charge in [-0.3, -0.25) is 0 Å². The average molecular weight is 878 g/mol. The molecular formula is C46H30N6OPt-2. The Labute approximate surface area is 324 Å². The molecule has 8 heteroatoms. The monoisotopic (exact) mass is 877 g/mol. The van der Waals surface area contributed by atoms with E-state index in [2.05, 4.69) is 130 Å². The van der Waals surface area contributed by atoms with E-state index in [1.165, 1.54) is 27.2 Å². The largest absolute Gasteiger partial charge is 0.510 e. The maximum atomic E-state index is 6.54. The van der Waals surface area contributed by atoms with Crippen LogP contribution in [0.1, 0.15) is 0 Å². The van der Waals surface area contributed by atoms with Crippen LogP contribution in [0, 0.1) is 18.5 Å². The molecule has 0 bridgehead atoms. The second kappa shape index (κ2) is 12.3. The zero-order chi connectivity index (χ0) is 35.2. The zero-order valence-corrected chi connectivity index (χ0v) is 31.5. The summed E-state index contributed by atoms with van der Waals surface area (Å²) in [4.78, 5) is 4.96. The first-order chi connectivity index (χ1) is 26.1. The van der Waals surface area contributed by atoms with Crippen LogP contribution in [0.4, 0.5) is 0 Å². The van der Waals surface area contributed by atoms with Crippen molar-refractivity contribution in [1.29, 1.82) is 0 Å². The first kappa shape index (κ1) is 32.2. The molecule has 0 aliphatic heterocycles. The Hall–Kier alpha value is -6.43. The minimum atomic E-state index is 0. The number of hydrogen-bond donors (Lipinski definition) is 0. The van der Waals surface area contributed by atoms with Gasteiger partial charge >= 0.3 is 0 Å². The van der Waals surface area contributed by atoms with Gasteiger partial charge in [0.15, 0.2) is 0 Å². The van der Waals surface area contributed by atoms with Crippen molar-refractivity contribution in [2.75, 3.05) is 0 Å². The van der Waals surface area contributed by atoms with Gasteiger partial charge in [0.25, 0.3) is 0 Å². The number of aryl methyl sites for hydroxylation is 2. The fraction of sp³-hybridized carbons (Fsp3) is 0.0435. The first-order valence-corrected chi connectivity index (χ1v) is 17.6. The van der Waals surface area contributed by atoms with Crippen LogP contribution in [0.15, 0.2) is 146 Å². The summed E-state index contributed by atoms with van der Waals surface area (Å²) >= 11 is 0. The van der Waals surface area contributed by atoms with Crippen molar-refractivity contribution in [3.05, 3.63) is 164 Å². The van der Waals surface area contributed by atoms with E-state index in [9.17, 15) is 0 Å². The van der Waals surface area contributed by atoms with Crippen molar-refractivity contribution in [2.45, 2.75) is 0 Å². The third kappa shape index (κ3) is 4.65. The molecule has 0 amide bonds. The maximum absolute atomic E-state index is 6.54. The molecule has 0 spiro atoms. The second-order valence-electron chi connectivity index (χ2n) is 13.4. The molecular weight excluding hydrogens is 848 g/mol. The van der Waals surface area contributed by atoms with Crippen LogP contribution in [0.5, 0.6) is 11.5 Å². The zero-order valence-electron chi connectivity index (χ0n) is 29.3. The number of pyridine rings is 1. The first-order valence-electron chi connectivity index (χ1n) is 17.6. The molecule has 5 aromatic heterocycles. The van der Waals surface area contributed by atoms with Gasteiger partial charge in [0, 0.05) is 91.0 Å². The summed E-state index contributed by atoms with van der Waals surface area (Å²) in [5.41, 5.74) is 8.56. The van der Waals surface area contributed by atoms with Gasteiger partial charge in [0.1, 0.15) is 5.82 Å². The number of imidazole rings is 1. The van der Waals surface area contributed by atoms with Gasteiger partial charge in [-0.15, -0.1) is 29.7 Å². The molecule has 0 unspecified atom stereocenters. The van der Waals surface area contributed by atoms with Gasteiger partial charge in [-0.2, -0.15) is 18.2 Å². The molecule has 54 heavy (non-hydrogen) atoms. The van der Waals surface area contributed by atoms with Gasteiger partial charge in [0.05, 0.1) is 29.1 Å². The molecule has 11 aromatic rings. The number of benzene rings is 6. The van der Waals surface area contributed by atoms with Crippen LogP contribution < -0.4 is 9.30 Å². The minimum Gasteiger partial charge on any atom is -0.510 e. The van der Waals surface area contributed by atoms with Crippen LogP contribution in [0.2, 0.25) is 0 Å². The number of ether oxygens (including phenoxy) is 1. The molecule has 5 heterocycles. The quantitative estimate of drug-likeness (QED) is 0.128. The van der Waals surface area contributed by atoms with Gasteiger partial charge in [-0.05, 0) is 41.8 Å². The molecule has 0 fully saturated rings. The summed E-state index contributed by atoms with van der Waals surface area (Å²) < 4.78 is 17.4. The Morgan fingerprint density at radius 3 is 2.09 bits per heavy atom. The number of nitrogens with zero attached hydrogens (tertiary/aromatic N) is 6. The van der Waals surface area contributed by atoms with Crippen molar-refractivity contribution in [3.8, 4) is 28.7 Å². The number of hydrogen-bond acceptors (Lipinski definition) is 2. The molecule has 11 rings (SSSR count). The van der Waals surface area contributed by atoms with Crippen LogP contribution >= 0.6 is 0 Å². The summed E-state index contributed by atoms with van der Waals surface area (Å²) in [5, 5.41) is 6.96. The standard InChI is InChI=1S/C46H30N6O.Pt/c1-48-25-26-50(29-48)31-15-12-16-32(27-31)53-33-22-23-36-39(28-33)52(40-21-10-11-24-47-40)44-41(36)42-34-17-6-8-19-37(34)49(2)45(42)46-43(44)35-18-7-9-20-38(35)51(46)30-13-4-3-5-14-30;/h3-26H,1-2H3;/q-2;. The summed E-state index contributed by atoms with van der Waals surface area (Å²) in [7, 11) is 4.13. The van der Waals surface area contributed by atoms with E-state index in [-0.39, 0.29) is 21.1 Å². The maximum Gasteiger partial charge on any atom is 0.241 e. The van der Waals surface area contributed by atoms with E-state index in [1.54, 1.807) is 0 Å². The Kier molecular flexibility index (Phi) is 7.36. The van der Waals surface area contributed by atoms with Gasteiger partial charge in [0.2, 0.25) is 6.33 Å². The predicted molar refractivity (Wildman–Crippen MR) is 210 cm³/mol. The number of rotatable bonds is 5. The fourth-order valence-electron chi connectivity index (χ4n) is 8.22. The molecule has 0 saturated heterocycles. The van der Waals surface area contributed by atoms with E-state index in [0.717, 1.165) is 55.4 Å². The Bertz CT molecular complexity index is 3230. The van der Waals surface area contributed by atoms with E-state index < -0.39 is 0 Å². The van der Waals surface area contributed by atoms with E-state index in [0.29, 0.717) is 11.5 Å². The molecule has 262 valence electrons. The SMILES string of the molecule is Cn1[c-][n+](-c2[c-]c(Oc3[c-]c4c(cc3)c3c5c6ccccc6n(C)c5c5c(c6ccccc6n5-c5ccccc5)c3n4-c3ccccn3)ccc2)cc1.[Pt]. The molecule has 0 radical (unpaired) electrons. The number of aromatic nitrogens is 6. The van der Waals surface area contributed by atoms with Crippen LogP contribution in [-0.4, -0.2) is 23.3 Å². The van der Waals surface area contributed by atoms with Crippen LogP contribution in [0.3, 0.4) is 0 Å². The number of para-hydroxylation sites is 3. The van der Waals surface area contributed by atoms with E-state index >= 15 is 0 Å². The Morgan fingerprint density at radius 2 is 1.31 bits per heavy atom. The summed E-state index contributed by atoms with van der Waals surface area (Å²) in [6, 6.07) is 51.4. The molecule has 6 aromatic carbocycles. The second-order valence-corrected chi connectivity index (χ2v) is 13.4. The molecule has 0 atom stereocenters. The van der Waals surface area contributed by atoms with Gasteiger partial charge in [-0.1, -0.05) is 71.9 Å². The van der Waals surface area contributed by atoms with Crippen molar-refractivity contribution in [1.82, 2.24) is 23.3 Å². The predicted octanol–water partition coefficient (Wildman–Crippen LogP) is 9.73. The molecule has 0 N–H and O–H groups in total. The third-order valence-corrected chi connectivity index (χ3v) is 10.4. The summed E-state index contributed by atoms with van der Waals surface area (Å²) in [5.74, 6) is 1.99. The smallest absolute Gasteiger partial charge is 0.241 e. The Balaban J connectivity index is 0.00000361. The Morgan fingerprint density at radius 1 is 0.593 bits per heavy atom. The van der Waals surface area contributed by atoms with Crippen molar-refractivity contribution in [3.63, 3.8) is 0 Å². The molecule has 0 saturated carbocycles. The van der Waals surface area contributed by atoms with Gasteiger partial charge in [-0.25, -0.2) is 4.98 Å².